The highest BCUT2D eigenvalue weighted by Crippen LogP contribution is 2.23. The molecule has 0 spiro atoms. The predicted molar refractivity (Wildman–Crippen MR) is 128 cm³/mol. The SMILES string of the molecule is O=S(=O)(c1ccc(NC(=S)Nc2ccc(N3CCCCC3)cc2)cc1)N1CCOCC1. The van der Waals surface area contributed by atoms with Crippen LogP contribution in [0.5, 0.6) is 0 Å². The molecule has 166 valence electrons. The lowest BCUT2D eigenvalue weighted by molar-refractivity contribution is 0.0730. The molecule has 0 bridgehead atoms. The first-order valence-electron chi connectivity index (χ1n) is 10.6. The molecule has 0 unspecified atom stereocenters. The Morgan fingerprint density at radius 3 is 1.94 bits per heavy atom. The fourth-order valence-electron chi connectivity index (χ4n) is 3.85. The number of anilines is 3. The van der Waals surface area contributed by atoms with Crippen LogP contribution < -0.4 is 15.5 Å². The van der Waals surface area contributed by atoms with Gasteiger partial charge >= 0.3 is 0 Å². The summed E-state index contributed by atoms with van der Waals surface area (Å²) in [6, 6.07) is 14.9. The summed E-state index contributed by atoms with van der Waals surface area (Å²) < 4.78 is 32.1. The average Bonchev–Trinajstić information content (AvgIpc) is 2.81. The van der Waals surface area contributed by atoms with E-state index in [1.54, 1.807) is 24.3 Å². The fourth-order valence-corrected chi connectivity index (χ4v) is 5.49. The Kier molecular flexibility index (Phi) is 7.06. The van der Waals surface area contributed by atoms with Gasteiger partial charge in [-0.3, -0.25) is 0 Å². The van der Waals surface area contributed by atoms with Crippen LogP contribution in [0.25, 0.3) is 0 Å². The summed E-state index contributed by atoms with van der Waals surface area (Å²) in [5.41, 5.74) is 2.87. The Hall–Kier alpha value is -2.20. The largest absolute Gasteiger partial charge is 0.379 e. The number of thiocarbonyl (C=S) groups is 1. The minimum absolute atomic E-state index is 0.270. The van der Waals surface area contributed by atoms with Gasteiger partial charge in [0.1, 0.15) is 0 Å². The number of hydrogen-bond donors (Lipinski definition) is 2. The van der Waals surface area contributed by atoms with Crippen molar-refractivity contribution in [2.75, 3.05) is 54.9 Å². The molecular formula is C22H28N4O3S2. The Morgan fingerprint density at radius 2 is 1.35 bits per heavy atom. The molecule has 0 atom stereocenters. The second kappa shape index (κ2) is 9.95. The van der Waals surface area contributed by atoms with Crippen molar-refractivity contribution in [3.63, 3.8) is 0 Å². The van der Waals surface area contributed by atoms with Crippen molar-refractivity contribution in [1.29, 1.82) is 0 Å². The summed E-state index contributed by atoms with van der Waals surface area (Å²) in [4.78, 5) is 2.68. The first kappa shape index (κ1) is 22.0. The summed E-state index contributed by atoms with van der Waals surface area (Å²) in [6.07, 6.45) is 3.82. The normalized spacial score (nSPS) is 17.9. The van der Waals surface area contributed by atoms with Crippen molar-refractivity contribution in [3.05, 3.63) is 48.5 Å². The zero-order chi connectivity index (χ0) is 21.7. The van der Waals surface area contributed by atoms with Crippen LogP contribution in [0.4, 0.5) is 17.1 Å². The maximum atomic E-state index is 12.7. The molecule has 7 nitrogen and oxygen atoms in total. The monoisotopic (exact) mass is 460 g/mol. The van der Waals surface area contributed by atoms with Gasteiger partial charge in [-0.2, -0.15) is 4.31 Å². The number of hydrogen-bond acceptors (Lipinski definition) is 5. The lowest BCUT2D eigenvalue weighted by atomic mass is 10.1. The van der Waals surface area contributed by atoms with Crippen LogP contribution in [0.2, 0.25) is 0 Å². The summed E-state index contributed by atoms with van der Waals surface area (Å²) in [5, 5.41) is 6.74. The molecule has 2 N–H and O–H groups in total. The first-order chi connectivity index (χ1) is 15.0. The highest BCUT2D eigenvalue weighted by molar-refractivity contribution is 7.89. The minimum Gasteiger partial charge on any atom is -0.379 e. The smallest absolute Gasteiger partial charge is 0.243 e. The molecule has 2 fully saturated rings. The molecule has 0 radical (unpaired) electrons. The molecule has 2 aliphatic heterocycles. The summed E-state index contributed by atoms with van der Waals surface area (Å²) in [6.45, 7) is 3.85. The van der Waals surface area contributed by atoms with E-state index < -0.39 is 10.0 Å². The number of benzene rings is 2. The molecule has 9 heteroatoms. The second-order valence-corrected chi connectivity index (χ2v) is 10.1. The van der Waals surface area contributed by atoms with E-state index in [0.29, 0.717) is 31.4 Å². The van der Waals surface area contributed by atoms with Crippen LogP contribution >= 0.6 is 12.2 Å². The quantitative estimate of drug-likeness (QED) is 0.662. The lowest BCUT2D eigenvalue weighted by Crippen LogP contribution is -2.40. The van der Waals surface area contributed by atoms with Gasteiger partial charge in [0.15, 0.2) is 5.11 Å². The van der Waals surface area contributed by atoms with Gasteiger partial charge in [0.2, 0.25) is 10.0 Å². The zero-order valence-corrected chi connectivity index (χ0v) is 19.1. The minimum atomic E-state index is -3.50. The summed E-state index contributed by atoms with van der Waals surface area (Å²) in [5.74, 6) is 0. The van der Waals surface area contributed by atoms with Crippen LogP contribution in [0.15, 0.2) is 53.4 Å². The molecule has 2 aromatic rings. The Bertz CT molecular complexity index is 982. The molecule has 31 heavy (non-hydrogen) atoms. The summed E-state index contributed by atoms with van der Waals surface area (Å²) >= 11 is 5.41. The van der Waals surface area contributed by atoms with Gasteiger partial charge in [0.05, 0.1) is 18.1 Å². The zero-order valence-electron chi connectivity index (χ0n) is 17.4. The van der Waals surface area contributed by atoms with Crippen molar-refractivity contribution in [2.45, 2.75) is 24.2 Å². The van der Waals surface area contributed by atoms with E-state index in [1.807, 2.05) is 12.1 Å². The second-order valence-electron chi connectivity index (χ2n) is 7.71. The maximum Gasteiger partial charge on any atom is 0.243 e. The van der Waals surface area contributed by atoms with Crippen LogP contribution in [-0.4, -0.2) is 57.2 Å². The predicted octanol–water partition coefficient (Wildman–Crippen LogP) is 3.51. The number of ether oxygens (including phenoxy) is 1. The van der Waals surface area contributed by atoms with Gasteiger partial charge in [-0.15, -0.1) is 0 Å². The van der Waals surface area contributed by atoms with E-state index >= 15 is 0 Å². The van der Waals surface area contributed by atoms with Crippen molar-refractivity contribution in [2.24, 2.45) is 0 Å². The highest BCUT2D eigenvalue weighted by atomic mass is 32.2. The number of nitrogens with zero attached hydrogens (tertiary/aromatic N) is 2. The Labute approximate surface area is 189 Å². The lowest BCUT2D eigenvalue weighted by Gasteiger charge is -2.28. The van der Waals surface area contributed by atoms with Gasteiger partial charge in [0, 0.05) is 43.2 Å². The maximum absolute atomic E-state index is 12.7. The van der Waals surface area contributed by atoms with Gasteiger partial charge in [-0.25, -0.2) is 8.42 Å². The van der Waals surface area contributed by atoms with Gasteiger partial charge in [-0.05, 0) is 80.0 Å². The topological polar surface area (TPSA) is 73.9 Å². The Balaban J connectivity index is 1.33. The molecule has 4 rings (SSSR count). The fraction of sp³-hybridized carbons (Fsp3) is 0.409. The number of sulfonamides is 1. The molecule has 0 amide bonds. The van der Waals surface area contributed by atoms with E-state index in [4.69, 9.17) is 17.0 Å². The number of nitrogens with one attached hydrogen (secondary N) is 2. The van der Waals surface area contributed by atoms with E-state index in [9.17, 15) is 8.42 Å². The molecule has 2 saturated heterocycles. The third-order valence-corrected chi connectivity index (χ3v) is 7.68. The third kappa shape index (κ3) is 5.54. The third-order valence-electron chi connectivity index (χ3n) is 5.57. The van der Waals surface area contributed by atoms with Gasteiger partial charge in [0.25, 0.3) is 0 Å². The van der Waals surface area contributed by atoms with Crippen LogP contribution in [0.1, 0.15) is 19.3 Å². The van der Waals surface area contributed by atoms with Crippen molar-refractivity contribution >= 4 is 44.4 Å². The Morgan fingerprint density at radius 1 is 0.806 bits per heavy atom. The molecular weight excluding hydrogens is 432 g/mol. The first-order valence-corrected chi connectivity index (χ1v) is 12.5. The van der Waals surface area contributed by atoms with E-state index in [1.165, 1.54) is 29.3 Å². The number of rotatable bonds is 5. The van der Waals surface area contributed by atoms with Crippen molar-refractivity contribution in [1.82, 2.24) is 4.31 Å². The van der Waals surface area contributed by atoms with Crippen molar-refractivity contribution < 1.29 is 13.2 Å². The highest BCUT2D eigenvalue weighted by Gasteiger charge is 2.26. The molecule has 0 saturated carbocycles. The van der Waals surface area contributed by atoms with E-state index in [2.05, 4.69) is 27.7 Å². The molecule has 2 aromatic carbocycles. The van der Waals surface area contributed by atoms with Crippen LogP contribution in [0.3, 0.4) is 0 Å². The number of piperidine rings is 1. The summed E-state index contributed by atoms with van der Waals surface area (Å²) in [7, 11) is -3.50. The van der Waals surface area contributed by atoms with Gasteiger partial charge < -0.3 is 20.3 Å². The van der Waals surface area contributed by atoms with E-state index in [0.717, 1.165) is 24.5 Å². The van der Waals surface area contributed by atoms with Crippen molar-refractivity contribution in [3.8, 4) is 0 Å². The molecule has 2 heterocycles. The van der Waals surface area contributed by atoms with E-state index in [-0.39, 0.29) is 4.90 Å². The van der Waals surface area contributed by atoms with Gasteiger partial charge in [-0.1, -0.05) is 0 Å². The molecule has 0 aliphatic carbocycles. The molecule has 0 aromatic heterocycles. The van der Waals surface area contributed by atoms with Crippen LogP contribution in [-0.2, 0) is 14.8 Å². The van der Waals surface area contributed by atoms with Crippen LogP contribution in [0, 0.1) is 0 Å². The average molecular weight is 461 g/mol. The molecule has 2 aliphatic rings. The number of morpholine rings is 1. The standard InChI is InChI=1S/C22H28N4O3S2/c27-31(28,26-14-16-29-17-15-26)21-10-6-19(7-11-21)24-22(30)23-18-4-8-20(9-5-18)25-12-2-1-3-13-25/h4-11H,1-3,12-17H2,(H2,23,24,30).